The average molecular weight is 190 g/mol. The van der Waals surface area contributed by atoms with Gasteiger partial charge in [-0.15, -0.1) is 0 Å². The Morgan fingerprint density at radius 2 is 2.29 bits per heavy atom. The molecule has 1 heterocycles. The highest BCUT2D eigenvalue weighted by Gasteiger charge is 2.31. The van der Waals surface area contributed by atoms with Crippen LogP contribution in [0.1, 0.15) is 17.9 Å². The lowest BCUT2D eigenvalue weighted by Gasteiger charge is -2.26. The summed E-state index contributed by atoms with van der Waals surface area (Å²) in [6.07, 6.45) is 8.80. The van der Waals surface area contributed by atoms with Crippen molar-refractivity contribution < 1.29 is 9.52 Å². The predicted octanol–water partition coefficient (Wildman–Crippen LogP) is 2.33. The Kier molecular flexibility index (Phi) is 2.30. The van der Waals surface area contributed by atoms with E-state index in [0.29, 0.717) is 0 Å². The van der Waals surface area contributed by atoms with Crippen molar-refractivity contribution >= 4 is 0 Å². The molecule has 1 aliphatic carbocycles. The molecule has 0 fully saturated rings. The van der Waals surface area contributed by atoms with Crippen molar-refractivity contribution in [2.45, 2.75) is 18.8 Å². The van der Waals surface area contributed by atoms with Gasteiger partial charge in [-0.25, -0.2) is 0 Å². The Morgan fingerprint density at radius 3 is 2.79 bits per heavy atom. The molecule has 1 N–H and O–H groups in total. The van der Waals surface area contributed by atoms with Gasteiger partial charge in [0.2, 0.25) is 0 Å². The van der Waals surface area contributed by atoms with Crippen molar-refractivity contribution in [2.24, 2.45) is 0 Å². The molecule has 0 amide bonds. The zero-order valence-electron chi connectivity index (χ0n) is 8.23. The van der Waals surface area contributed by atoms with Crippen LogP contribution >= 0.6 is 0 Å². The van der Waals surface area contributed by atoms with Gasteiger partial charge in [0.05, 0.1) is 12.0 Å². The van der Waals surface area contributed by atoms with E-state index in [4.69, 9.17) is 4.42 Å². The van der Waals surface area contributed by atoms with E-state index in [1.165, 1.54) is 0 Å². The first-order valence-electron chi connectivity index (χ1n) is 4.79. The van der Waals surface area contributed by atoms with Gasteiger partial charge < -0.3 is 9.52 Å². The van der Waals surface area contributed by atoms with E-state index in [1.807, 2.05) is 43.4 Å². The minimum atomic E-state index is -0.344. The third-order valence-electron chi connectivity index (χ3n) is 2.66. The minimum absolute atomic E-state index is 0.0841. The second-order valence-corrected chi connectivity index (χ2v) is 3.72. The molecule has 1 aliphatic rings. The smallest absolute Gasteiger partial charge is 0.116 e. The number of allylic oxidation sites excluding steroid dienone is 3. The number of furan rings is 1. The maximum atomic E-state index is 9.46. The molecule has 74 valence electrons. The van der Waals surface area contributed by atoms with Crippen LogP contribution in [0.2, 0.25) is 0 Å². The van der Waals surface area contributed by atoms with Crippen LogP contribution < -0.4 is 0 Å². The van der Waals surface area contributed by atoms with Crippen LogP contribution in [0.5, 0.6) is 0 Å². The fourth-order valence-corrected chi connectivity index (χ4v) is 1.74. The molecule has 0 radical (unpaired) electrons. The van der Waals surface area contributed by atoms with Crippen LogP contribution in [0.4, 0.5) is 0 Å². The molecule has 2 heteroatoms. The van der Waals surface area contributed by atoms with Gasteiger partial charge in [-0.05, 0) is 25.5 Å². The summed E-state index contributed by atoms with van der Waals surface area (Å²) in [5.74, 6) is 1.73. The van der Waals surface area contributed by atoms with E-state index in [0.717, 1.165) is 17.9 Å². The molecular weight excluding hydrogens is 176 g/mol. The molecule has 14 heavy (non-hydrogen) atoms. The number of aryl methyl sites for hydroxylation is 1. The third kappa shape index (κ3) is 1.42. The lowest BCUT2D eigenvalue weighted by Crippen LogP contribution is -2.28. The molecule has 0 aromatic carbocycles. The summed E-state index contributed by atoms with van der Waals surface area (Å²) in [4.78, 5) is 0. The normalized spacial score (nSPS) is 25.6. The van der Waals surface area contributed by atoms with Crippen LogP contribution in [0.3, 0.4) is 0 Å². The van der Waals surface area contributed by atoms with Gasteiger partial charge in [-0.3, -0.25) is 0 Å². The summed E-state index contributed by atoms with van der Waals surface area (Å²) in [5.41, 5.74) is -0.344. The molecule has 0 saturated carbocycles. The SMILES string of the molecule is Cc1ccc(C2(CO)C=CC=CC2)o1. The minimum Gasteiger partial charge on any atom is -0.465 e. The first kappa shape index (κ1) is 9.28. The monoisotopic (exact) mass is 190 g/mol. The molecule has 1 atom stereocenters. The molecule has 0 bridgehead atoms. The fourth-order valence-electron chi connectivity index (χ4n) is 1.74. The van der Waals surface area contributed by atoms with Crippen molar-refractivity contribution in [1.82, 2.24) is 0 Å². The second kappa shape index (κ2) is 3.46. The van der Waals surface area contributed by atoms with Gasteiger partial charge >= 0.3 is 0 Å². The van der Waals surface area contributed by atoms with E-state index in [9.17, 15) is 5.11 Å². The van der Waals surface area contributed by atoms with Crippen LogP contribution in [0, 0.1) is 6.92 Å². The van der Waals surface area contributed by atoms with Crippen molar-refractivity contribution in [2.75, 3.05) is 6.61 Å². The van der Waals surface area contributed by atoms with Gasteiger partial charge in [-0.2, -0.15) is 0 Å². The first-order valence-corrected chi connectivity index (χ1v) is 4.79. The van der Waals surface area contributed by atoms with Crippen molar-refractivity contribution in [3.05, 3.63) is 48.0 Å². The maximum Gasteiger partial charge on any atom is 0.116 e. The lowest BCUT2D eigenvalue weighted by molar-refractivity contribution is 0.203. The molecular formula is C12H14O2. The summed E-state index contributed by atoms with van der Waals surface area (Å²) >= 11 is 0. The van der Waals surface area contributed by atoms with Crippen molar-refractivity contribution in [1.29, 1.82) is 0 Å². The Labute approximate surface area is 83.6 Å². The van der Waals surface area contributed by atoms with Gasteiger partial charge in [0.25, 0.3) is 0 Å². The van der Waals surface area contributed by atoms with E-state index in [2.05, 4.69) is 0 Å². The van der Waals surface area contributed by atoms with E-state index in [1.54, 1.807) is 0 Å². The zero-order valence-corrected chi connectivity index (χ0v) is 8.23. The van der Waals surface area contributed by atoms with Gasteiger partial charge in [-0.1, -0.05) is 24.3 Å². The lowest BCUT2D eigenvalue weighted by atomic mass is 9.80. The zero-order chi connectivity index (χ0) is 10.0. The van der Waals surface area contributed by atoms with Gasteiger partial charge in [0.15, 0.2) is 0 Å². The first-order chi connectivity index (χ1) is 6.77. The summed E-state index contributed by atoms with van der Waals surface area (Å²) in [6, 6.07) is 3.87. The number of hydrogen-bond donors (Lipinski definition) is 1. The van der Waals surface area contributed by atoms with Crippen LogP contribution in [0.15, 0.2) is 40.9 Å². The standard InChI is InChI=1S/C12H14O2/c1-10-5-6-11(14-10)12(9-13)7-3-2-4-8-12/h2-7,13H,8-9H2,1H3. The molecule has 0 saturated heterocycles. The summed E-state index contributed by atoms with van der Waals surface area (Å²) in [7, 11) is 0. The molecule has 1 aromatic rings. The molecule has 2 rings (SSSR count). The van der Waals surface area contributed by atoms with E-state index < -0.39 is 0 Å². The number of aliphatic hydroxyl groups is 1. The van der Waals surface area contributed by atoms with Crippen LogP contribution in [-0.4, -0.2) is 11.7 Å². The number of rotatable bonds is 2. The Balaban J connectivity index is 2.38. The molecule has 0 aliphatic heterocycles. The van der Waals surface area contributed by atoms with Crippen molar-refractivity contribution in [3.63, 3.8) is 0 Å². The van der Waals surface area contributed by atoms with Crippen LogP contribution in [0.25, 0.3) is 0 Å². The molecule has 1 unspecified atom stereocenters. The Hall–Kier alpha value is -1.28. The average Bonchev–Trinajstić information content (AvgIpc) is 2.66. The van der Waals surface area contributed by atoms with Gasteiger partial charge in [0, 0.05) is 0 Å². The highest BCUT2D eigenvalue weighted by atomic mass is 16.3. The third-order valence-corrected chi connectivity index (χ3v) is 2.66. The fraction of sp³-hybridized carbons (Fsp3) is 0.333. The Morgan fingerprint density at radius 1 is 1.43 bits per heavy atom. The van der Waals surface area contributed by atoms with E-state index in [-0.39, 0.29) is 12.0 Å². The van der Waals surface area contributed by atoms with Gasteiger partial charge in [0.1, 0.15) is 11.5 Å². The quantitative estimate of drug-likeness (QED) is 0.776. The highest BCUT2D eigenvalue weighted by molar-refractivity contribution is 5.30. The Bertz CT molecular complexity index is 373. The maximum absolute atomic E-state index is 9.46. The number of aliphatic hydroxyl groups excluding tert-OH is 1. The molecule has 2 nitrogen and oxygen atoms in total. The highest BCUT2D eigenvalue weighted by Crippen LogP contribution is 2.33. The molecule has 1 aromatic heterocycles. The van der Waals surface area contributed by atoms with Crippen molar-refractivity contribution in [3.8, 4) is 0 Å². The topological polar surface area (TPSA) is 33.4 Å². The summed E-state index contributed by atoms with van der Waals surface area (Å²) < 4.78 is 5.57. The van der Waals surface area contributed by atoms with E-state index >= 15 is 0 Å². The molecule has 0 spiro atoms. The second-order valence-electron chi connectivity index (χ2n) is 3.72. The summed E-state index contributed by atoms with van der Waals surface area (Å²) in [5, 5.41) is 9.46. The number of hydrogen-bond acceptors (Lipinski definition) is 2. The largest absolute Gasteiger partial charge is 0.465 e. The summed E-state index contributed by atoms with van der Waals surface area (Å²) in [6.45, 7) is 2.00. The van der Waals surface area contributed by atoms with Crippen LogP contribution in [-0.2, 0) is 5.41 Å². The predicted molar refractivity (Wildman–Crippen MR) is 55.1 cm³/mol.